The Kier molecular flexibility index (Phi) is 7.06. The van der Waals surface area contributed by atoms with Crippen LogP contribution in [0.5, 0.6) is 5.75 Å². The summed E-state index contributed by atoms with van der Waals surface area (Å²) in [4.78, 5) is 38.0. The molecule has 0 aliphatic carbocycles. The van der Waals surface area contributed by atoms with Crippen molar-refractivity contribution in [3.8, 4) is 5.75 Å². The minimum Gasteiger partial charge on any atom is -0.482 e. The number of nitrogens with zero attached hydrogens (tertiary/aromatic N) is 1. The second kappa shape index (κ2) is 9.91. The second-order valence-electron chi connectivity index (χ2n) is 7.16. The van der Waals surface area contributed by atoms with Crippen molar-refractivity contribution < 1.29 is 23.9 Å². The minimum absolute atomic E-state index is 0.0171. The number of nitrogens with one attached hydrogen (secondary N) is 1. The van der Waals surface area contributed by atoms with Crippen molar-refractivity contribution >= 4 is 29.2 Å². The van der Waals surface area contributed by atoms with Crippen LogP contribution in [0.1, 0.15) is 38.2 Å². The van der Waals surface area contributed by atoms with Crippen molar-refractivity contribution in [3.63, 3.8) is 0 Å². The first-order chi connectivity index (χ1) is 14.5. The molecule has 2 aromatic rings. The molecule has 0 saturated carbocycles. The van der Waals surface area contributed by atoms with Gasteiger partial charge in [0.05, 0.1) is 12.1 Å². The van der Waals surface area contributed by atoms with Crippen molar-refractivity contribution in [3.05, 3.63) is 54.1 Å². The van der Waals surface area contributed by atoms with Gasteiger partial charge in [-0.2, -0.15) is 0 Å². The maximum Gasteiger partial charge on any atom is 0.308 e. The first-order valence-electron chi connectivity index (χ1n) is 10.1. The van der Waals surface area contributed by atoms with Crippen molar-refractivity contribution in [1.29, 1.82) is 0 Å². The molecule has 3 rings (SSSR count). The van der Waals surface area contributed by atoms with E-state index >= 15 is 0 Å². The van der Waals surface area contributed by atoms with Crippen LogP contribution in [0.4, 0.5) is 11.4 Å². The quantitative estimate of drug-likeness (QED) is 0.674. The van der Waals surface area contributed by atoms with Crippen LogP contribution in [0.25, 0.3) is 0 Å². The number of carbonyl (C=O) groups excluding carboxylic acids is 3. The van der Waals surface area contributed by atoms with Gasteiger partial charge in [0.15, 0.2) is 13.2 Å². The summed E-state index contributed by atoms with van der Waals surface area (Å²) in [6.45, 7) is 3.90. The average Bonchev–Trinajstić information content (AvgIpc) is 2.77. The van der Waals surface area contributed by atoms with E-state index in [-0.39, 0.29) is 32.1 Å². The number of carbonyl (C=O) groups is 3. The highest BCUT2D eigenvalue weighted by atomic mass is 16.5. The Bertz CT molecular complexity index is 927. The van der Waals surface area contributed by atoms with Gasteiger partial charge in [-0.05, 0) is 36.1 Å². The summed E-state index contributed by atoms with van der Waals surface area (Å²) in [5, 5.41) is 2.81. The van der Waals surface area contributed by atoms with Crippen molar-refractivity contribution in [2.24, 2.45) is 0 Å². The summed E-state index contributed by atoms with van der Waals surface area (Å²) in [6, 6.07) is 14.8. The van der Waals surface area contributed by atoms with Gasteiger partial charge in [0.2, 0.25) is 0 Å². The van der Waals surface area contributed by atoms with E-state index in [9.17, 15) is 14.4 Å². The number of para-hydroxylation sites is 3. The Morgan fingerprint density at radius 2 is 1.90 bits per heavy atom. The molecule has 2 aromatic carbocycles. The molecule has 7 nitrogen and oxygen atoms in total. The SMILES string of the molecule is CC[C@H](C)c1ccccc1NC(=O)COC(=O)CCN1C(=O)COc2ccccc21. The molecule has 1 atom stereocenters. The number of rotatable bonds is 8. The zero-order valence-corrected chi connectivity index (χ0v) is 17.2. The van der Waals surface area contributed by atoms with Crippen molar-refractivity contribution in [2.75, 3.05) is 30.0 Å². The molecule has 30 heavy (non-hydrogen) atoms. The fourth-order valence-electron chi connectivity index (χ4n) is 3.27. The number of benzene rings is 2. The molecule has 1 heterocycles. The summed E-state index contributed by atoms with van der Waals surface area (Å²) >= 11 is 0. The highest BCUT2D eigenvalue weighted by molar-refractivity contribution is 5.98. The summed E-state index contributed by atoms with van der Waals surface area (Å²) < 4.78 is 10.5. The number of ether oxygens (including phenoxy) is 2. The molecule has 0 fully saturated rings. The van der Waals surface area contributed by atoms with E-state index in [1.165, 1.54) is 4.90 Å². The number of hydrogen-bond donors (Lipinski definition) is 1. The van der Waals surface area contributed by atoms with Crippen LogP contribution < -0.4 is 15.0 Å². The van der Waals surface area contributed by atoms with Gasteiger partial charge in [-0.1, -0.05) is 44.2 Å². The van der Waals surface area contributed by atoms with Gasteiger partial charge in [0, 0.05) is 12.2 Å². The number of fused-ring (bicyclic) bond motifs is 1. The third kappa shape index (κ3) is 5.17. The van der Waals surface area contributed by atoms with Crippen molar-refractivity contribution in [2.45, 2.75) is 32.6 Å². The van der Waals surface area contributed by atoms with Crippen molar-refractivity contribution in [1.82, 2.24) is 0 Å². The van der Waals surface area contributed by atoms with Crippen LogP contribution >= 0.6 is 0 Å². The Morgan fingerprint density at radius 3 is 2.70 bits per heavy atom. The van der Waals surface area contributed by atoms with E-state index in [1.54, 1.807) is 18.2 Å². The molecule has 0 saturated heterocycles. The third-order valence-electron chi connectivity index (χ3n) is 5.09. The van der Waals surface area contributed by atoms with E-state index in [1.807, 2.05) is 30.3 Å². The number of hydrogen-bond acceptors (Lipinski definition) is 5. The largest absolute Gasteiger partial charge is 0.482 e. The van der Waals surface area contributed by atoms with Gasteiger partial charge >= 0.3 is 5.97 Å². The molecule has 0 unspecified atom stereocenters. The molecule has 158 valence electrons. The molecule has 2 amide bonds. The zero-order valence-electron chi connectivity index (χ0n) is 17.2. The number of amides is 2. The summed E-state index contributed by atoms with van der Waals surface area (Å²) in [5.41, 5.74) is 2.40. The highest BCUT2D eigenvalue weighted by Gasteiger charge is 2.25. The van der Waals surface area contributed by atoms with Crippen LogP contribution in [-0.4, -0.2) is 37.5 Å². The van der Waals surface area contributed by atoms with E-state index < -0.39 is 11.9 Å². The molecule has 7 heteroatoms. The van der Waals surface area contributed by atoms with Gasteiger partial charge in [0.1, 0.15) is 5.75 Å². The average molecular weight is 410 g/mol. The molecule has 0 spiro atoms. The maximum atomic E-state index is 12.2. The lowest BCUT2D eigenvalue weighted by Gasteiger charge is -2.28. The molecule has 0 radical (unpaired) electrons. The fourth-order valence-corrected chi connectivity index (χ4v) is 3.27. The highest BCUT2D eigenvalue weighted by Crippen LogP contribution is 2.31. The van der Waals surface area contributed by atoms with E-state index in [0.717, 1.165) is 17.7 Å². The summed E-state index contributed by atoms with van der Waals surface area (Å²) in [6.07, 6.45) is 0.933. The molecule has 1 N–H and O–H groups in total. The van der Waals surface area contributed by atoms with E-state index in [4.69, 9.17) is 9.47 Å². The Morgan fingerprint density at radius 1 is 1.17 bits per heavy atom. The smallest absolute Gasteiger partial charge is 0.308 e. The maximum absolute atomic E-state index is 12.2. The molecular weight excluding hydrogens is 384 g/mol. The summed E-state index contributed by atoms with van der Waals surface area (Å²) in [7, 11) is 0. The first kappa shape index (κ1) is 21.4. The molecule has 0 aromatic heterocycles. The molecule has 1 aliphatic heterocycles. The monoisotopic (exact) mass is 410 g/mol. The molecule has 1 aliphatic rings. The lowest BCUT2D eigenvalue weighted by atomic mass is 9.97. The Hall–Kier alpha value is -3.35. The molecular formula is C23H26N2O5. The third-order valence-corrected chi connectivity index (χ3v) is 5.09. The normalized spacial score (nSPS) is 13.8. The van der Waals surface area contributed by atoms with Gasteiger partial charge in [-0.15, -0.1) is 0 Å². The lowest BCUT2D eigenvalue weighted by Crippen LogP contribution is -2.40. The lowest BCUT2D eigenvalue weighted by molar-refractivity contribution is -0.147. The predicted molar refractivity (Wildman–Crippen MR) is 114 cm³/mol. The van der Waals surface area contributed by atoms with Gasteiger partial charge in [0.25, 0.3) is 11.8 Å². The fraction of sp³-hybridized carbons (Fsp3) is 0.348. The van der Waals surface area contributed by atoms with E-state index in [0.29, 0.717) is 17.4 Å². The van der Waals surface area contributed by atoms with E-state index in [2.05, 4.69) is 19.2 Å². The topological polar surface area (TPSA) is 84.9 Å². The second-order valence-corrected chi connectivity index (χ2v) is 7.16. The van der Waals surface area contributed by atoms with Crippen LogP contribution in [-0.2, 0) is 19.1 Å². The van der Waals surface area contributed by atoms with Crippen LogP contribution in [0.15, 0.2) is 48.5 Å². The van der Waals surface area contributed by atoms with Gasteiger partial charge in [-0.25, -0.2) is 0 Å². The number of esters is 1. The van der Waals surface area contributed by atoms with Crippen LogP contribution in [0.3, 0.4) is 0 Å². The minimum atomic E-state index is -0.544. The van der Waals surface area contributed by atoms with Crippen LogP contribution in [0, 0.1) is 0 Å². The predicted octanol–water partition coefficient (Wildman–Crippen LogP) is 3.50. The van der Waals surface area contributed by atoms with Gasteiger partial charge < -0.3 is 19.7 Å². The number of anilines is 2. The zero-order chi connectivity index (χ0) is 21.5. The first-order valence-corrected chi connectivity index (χ1v) is 10.1. The Balaban J connectivity index is 1.50. The Labute approximate surface area is 176 Å². The standard InChI is InChI=1S/C23H26N2O5/c1-3-16(2)17-8-4-5-9-18(17)24-21(26)14-30-23(28)12-13-25-19-10-6-7-11-20(19)29-15-22(25)27/h4-11,16H,3,12-15H2,1-2H3,(H,24,26)/t16-/m0/s1. The summed E-state index contributed by atoms with van der Waals surface area (Å²) in [5.74, 6) is -0.257. The molecule has 0 bridgehead atoms. The van der Waals surface area contributed by atoms with Gasteiger partial charge in [-0.3, -0.25) is 14.4 Å². The van der Waals surface area contributed by atoms with Crippen LogP contribution in [0.2, 0.25) is 0 Å².